The summed E-state index contributed by atoms with van der Waals surface area (Å²) in [5.41, 5.74) is 0.629. The molecule has 0 aromatic heterocycles. The molecule has 1 aromatic carbocycles. The lowest BCUT2D eigenvalue weighted by molar-refractivity contribution is 0.0171. The quantitative estimate of drug-likeness (QED) is 0.754. The van der Waals surface area contributed by atoms with Crippen molar-refractivity contribution in [3.8, 4) is 0 Å². The first-order chi connectivity index (χ1) is 10.1. The molecule has 2 N–H and O–H groups in total. The predicted molar refractivity (Wildman–Crippen MR) is 80.1 cm³/mol. The Bertz CT molecular complexity index is 431. The number of nitrogens with one attached hydrogen (secondary N) is 1. The number of ether oxygens (including phenoxy) is 1. The number of nitrogens with zero attached hydrogens (tertiary/aromatic N) is 1. The van der Waals surface area contributed by atoms with Crippen molar-refractivity contribution in [3.05, 3.63) is 24.3 Å². The third-order valence-corrected chi connectivity index (χ3v) is 3.99. The molecule has 2 rings (SSSR count). The number of para-hydroxylation sites is 1. The smallest absolute Gasteiger partial charge is 0.288 e. The number of β-amino-alcohol motifs (C(OH)–C–C–N with tert-alkyl or cyclic N) is 1. The highest BCUT2D eigenvalue weighted by molar-refractivity contribution is 7.99. The summed E-state index contributed by atoms with van der Waals surface area (Å²) in [7, 11) is 0. The molecule has 1 aliphatic rings. The second-order valence-corrected chi connectivity index (χ2v) is 5.85. The van der Waals surface area contributed by atoms with Crippen molar-refractivity contribution in [2.24, 2.45) is 0 Å². The van der Waals surface area contributed by atoms with Crippen LogP contribution >= 0.6 is 11.8 Å². The molecule has 1 aliphatic heterocycles. The van der Waals surface area contributed by atoms with Crippen LogP contribution in [0.25, 0.3) is 0 Å². The predicted octanol–water partition coefficient (Wildman–Crippen LogP) is 2.11. The van der Waals surface area contributed by atoms with Gasteiger partial charge >= 0.3 is 0 Å². The molecule has 1 heterocycles. The van der Waals surface area contributed by atoms with E-state index in [2.05, 4.69) is 10.2 Å². The maximum absolute atomic E-state index is 12.5. The topological polar surface area (TPSA) is 44.7 Å². The molecule has 7 heteroatoms. The minimum absolute atomic E-state index is 0.332. The van der Waals surface area contributed by atoms with Crippen LogP contribution in [0.3, 0.4) is 0 Å². The highest BCUT2D eigenvalue weighted by Gasteiger charge is 2.15. The number of thioether (sulfide) groups is 1. The molecular formula is C14H20F2N2O2S. The van der Waals surface area contributed by atoms with Gasteiger partial charge in [0.1, 0.15) is 0 Å². The lowest BCUT2D eigenvalue weighted by Crippen LogP contribution is -2.42. The molecule has 0 saturated carbocycles. The largest absolute Gasteiger partial charge is 0.390 e. The third-order valence-electron chi connectivity index (χ3n) is 3.20. The Hall–Kier alpha value is -0.890. The van der Waals surface area contributed by atoms with Gasteiger partial charge in [-0.1, -0.05) is 23.9 Å². The van der Waals surface area contributed by atoms with Crippen LogP contribution < -0.4 is 5.32 Å². The zero-order valence-electron chi connectivity index (χ0n) is 11.7. The van der Waals surface area contributed by atoms with Gasteiger partial charge in [-0.2, -0.15) is 8.78 Å². The van der Waals surface area contributed by atoms with E-state index >= 15 is 0 Å². The molecule has 4 nitrogen and oxygen atoms in total. The second kappa shape index (κ2) is 8.53. The van der Waals surface area contributed by atoms with Gasteiger partial charge in [-0.25, -0.2) is 0 Å². The average molecular weight is 318 g/mol. The summed E-state index contributed by atoms with van der Waals surface area (Å²) in [6, 6.07) is 6.89. The van der Waals surface area contributed by atoms with Crippen LogP contribution in [0.5, 0.6) is 0 Å². The molecule has 21 heavy (non-hydrogen) atoms. The standard InChI is InChI=1S/C14H20F2N2O2S/c15-14(16)21-13-4-2-1-3-12(13)17-9-11(19)10-18-5-7-20-8-6-18/h1-4,11,14,17,19H,5-10H2. The van der Waals surface area contributed by atoms with Gasteiger partial charge < -0.3 is 15.2 Å². The zero-order valence-corrected chi connectivity index (χ0v) is 12.5. The lowest BCUT2D eigenvalue weighted by atomic mass is 10.2. The zero-order chi connectivity index (χ0) is 15.1. The van der Waals surface area contributed by atoms with E-state index in [1.807, 2.05) is 0 Å². The first-order valence-electron chi connectivity index (χ1n) is 6.91. The highest BCUT2D eigenvalue weighted by Crippen LogP contribution is 2.31. The molecule has 0 aliphatic carbocycles. The number of aliphatic hydroxyl groups excluding tert-OH is 1. The first-order valence-corrected chi connectivity index (χ1v) is 7.79. The van der Waals surface area contributed by atoms with Gasteiger partial charge in [-0.05, 0) is 12.1 Å². The van der Waals surface area contributed by atoms with Crippen molar-refractivity contribution < 1.29 is 18.6 Å². The molecule has 1 aromatic rings. The fraction of sp³-hybridized carbons (Fsp3) is 0.571. The maximum Gasteiger partial charge on any atom is 0.288 e. The van der Waals surface area contributed by atoms with Crippen molar-refractivity contribution in [2.45, 2.75) is 16.8 Å². The van der Waals surface area contributed by atoms with Gasteiger partial charge in [-0.15, -0.1) is 0 Å². The highest BCUT2D eigenvalue weighted by atomic mass is 32.2. The summed E-state index contributed by atoms with van der Waals surface area (Å²) in [4.78, 5) is 2.63. The van der Waals surface area contributed by atoms with Crippen molar-refractivity contribution in [3.63, 3.8) is 0 Å². The van der Waals surface area contributed by atoms with Crippen molar-refractivity contribution in [2.75, 3.05) is 44.7 Å². The number of halogens is 2. The molecular weight excluding hydrogens is 298 g/mol. The molecule has 1 saturated heterocycles. The summed E-state index contributed by atoms with van der Waals surface area (Å²) in [6.07, 6.45) is -0.548. The molecule has 118 valence electrons. The fourth-order valence-corrected chi connectivity index (χ4v) is 2.80. The Balaban J connectivity index is 1.81. The average Bonchev–Trinajstić information content (AvgIpc) is 2.47. The molecule has 0 bridgehead atoms. The lowest BCUT2D eigenvalue weighted by Gasteiger charge is -2.28. The van der Waals surface area contributed by atoms with Crippen LogP contribution in [-0.2, 0) is 4.74 Å². The number of benzene rings is 1. The Morgan fingerprint density at radius 2 is 2.00 bits per heavy atom. The van der Waals surface area contributed by atoms with Crippen molar-refractivity contribution in [1.29, 1.82) is 0 Å². The van der Waals surface area contributed by atoms with Crippen LogP contribution in [0.1, 0.15) is 0 Å². The van der Waals surface area contributed by atoms with E-state index in [0.717, 1.165) is 13.1 Å². The molecule has 0 spiro atoms. The van der Waals surface area contributed by atoms with E-state index in [1.54, 1.807) is 24.3 Å². The van der Waals surface area contributed by atoms with E-state index in [-0.39, 0.29) is 0 Å². The van der Waals surface area contributed by atoms with Gasteiger partial charge in [0, 0.05) is 36.8 Å². The van der Waals surface area contributed by atoms with Crippen LogP contribution in [0.4, 0.5) is 14.5 Å². The molecule has 1 unspecified atom stereocenters. The summed E-state index contributed by atoms with van der Waals surface area (Å²) in [6.45, 7) is 3.89. The number of alkyl halides is 2. The van der Waals surface area contributed by atoms with E-state index in [0.29, 0.717) is 48.6 Å². The van der Waals surface area contributed by atoms with Crippen LogP contribution in [0.15, 0.2) is 29.2 Å². The van der Waals surface area contributed by atoms with Crippen LogP contribution in [0, 0.1) is 0 Å². The molecule has 1 fully saturated rings. The fourth-order valence-electron chi connectivity index (χ4n) is 2.19. The SMILES string of the molecule is OC(CNc1ccccc1SC(F)F)CN1CCOCC1. The van der Waals surface area contributed by atoms with Gasteiger partial charge in [0.05, 0.1) is 19.3 Å². The number of hydrogen-bond donors (Lipinski definition) is 2. The maximum atomic E-state index is 12.5. The summed E-state index contributed by atoms with van der Waals surface area (Å²) in [5.74, 6) is -2.45. The number of aliphatic hydroxyl groups is 1. The number of morpholine rings is 1. The van der Waals surface area contributed by atoms with Crippen molar-refractivity contribution >= 4 is 17.4 Å². The molecule has 0 radical (unpaired) electrons. The summed E-state index contributed by atoms with van der Waals surface area (Å²) < 4.78 is 30.2. The summed E-state index contributed by atoms with van der Waals surface area (Å²) >= 11 is 0.508. The van der Waals surface area contributed by atoms with Crippen LogP contribution in [0.2, 0.25) is 0 Å². The summed E-state index contributed by atoms with van der Waals surface area (Å²) in [5, 5.41) is 13.1. The van der Waals surface area contributed by atoms with E-state index in [9.17, 15) is 13.9 Å². The Kier molecular flexibility index (Phi) is 6.69. The second-order valence-electron chi connectivity index (χ2n) is 4.82. The van der Waals surface area contributed by atoms with E-state index < -0.39 is 11.9 Å². The Labute approximate surface area is 127 Å². The third kappa shape index (κ3) is 5.78. The molecule has 1 atom stereocenters. The first kappa shape index (κ1) is 16.5. The normalized spacial score (nSPS) is 17.9. The van der Waals surface area contributed by atoms with E-state index in [1.165, 1.54) is 0 Å². The van der Waals surface area contributed by atoms with Crippen molar-refractivity contribution in [1.82, 2.24) is 4.90 Å². The number of hydrogen-bond acceptors (Lipinski definition) is 5. The van der Waals surface area contributed by atoms with Gasteiger partial charge in [0.15, 0.2) is 0 Å². The minimum atomic E-state index is -2.45. The van der Waals surface area contributed by atoms with E-state index in [4.69, 9.17) is 4.74 Å². The minimum Gasteiger partial charge on any atom is -0.390 e. The Morgan fingerprint density at radius 3 is 2.71 bits per heavy atom. The monoisotopic (exact) mass is 318 g/mol. The number of rotatable bonds is 7. The van der Waals surface area contributed by atoms with Crippen LogP contribution in [-0.4, -0.2) is 61.3 Å². The van der Waals surface area contributed by atoms with Gasteiger partial charge in [0.2, 0.25) is 0 Å². The van der Waals surface area contributed by atoms with Gasteiger partial charge in [0.25, 0.3) is 5.76 Å². The molecule has 0 amide bonds. The Morgan fingerprint density at radius 1 is 1.29 bits per heavy atom. The van der Waals surface area contributed by atoms with Gasteiger partial charge in [-0.3, -0.25) is 4.90 Å². The number of anilines is 1.